The zero-order chi connectivity index (χ0) is 20.7. The summed E-state index contributed by atoms with van der Waals surface area (Å²) in [7, 11) is -5.71. The molecule has 1 aromatic heterocycles. The van der Waals surface area contributed by atoms with E-state index in [4.69, 9.17) is 0 Å². The van der Waals surface area contributed by atoms with Crippen molar-refractivity contribution in [1.29, 1.82) is 0 Å². The fraction of sp³-hybridized carbons (Fsp3) is 0.556. The van der Waals surface area contributed by atoms with Crippen LogP contribution in [0.1, 0.15) is 39.2 Å². The third kappa shape index (κ3) is 3.85. The maximum Gasteiger partial charge on any atom is 0.249 e. The second kappa shape index (κ2) is 7.23. The molecule has 0 aliphatic carbocycles. The molecular formula is C18H26N4O4S2. The minimum atomic E-state index is -3.65. The van der Waals surface area contributed by atoms with Crippen LogP contribution >= 0.6 is 0 Å². The quantitative estimate of drug-likeness (QED) is 0.738. The van der Waals surface area contributed by atoms with E-state index in [2.05, 4.69) is 31.0 Å². The van der Waals surface area contributed by atoms with Crippen LogP contribution in [0.2, 0.25) is 0 Å². The van der Waals surface area contributed by atoms with Crippen molar-refractivity contribution in [2.75, 3.05) is 13.1 Å². The van der Waals surface area contributed by atoms with E-state index in [1.807, 2.05) is 12.1 Å². The van der Waals surface area contributed by atoms with Crippen LogP contribution in [0.5, 0.6) is 0 Å². The van der Waals surface area contributed by atoms with Gasteiger partial charge in [-0.25, -0.2) is 16.8 Å². The van der Waals surface area contributed by atoms with Gasteiger partial charge < -0.3 is 4.57 Å². The molecule has 0 atom stereocenters. The van der Waals surface area contributed by atoms with Gasteiger partial charge in [-0.05, 0) is 36.0 Å². The van der Waals surface area contributed by atoms with Gasteiger partial charge >= 0.3 is 0 Å². The zero-order valence-corrected chi connectivity index (χ0v) is 18.2. The first kappa shape index (κ1) is 20.9. The molecule has 1 aliphatic rings. The van der Waals surface area contributed by atoms with Crippen LogP contribution < -0.4 is 0 Å². The average molecular weight is 427 g/mol. The van der Waals surface area contributed by atoms with Crippen LogP contribution in [0.3, 0.4) is 0 Å². The summed E-state index contributed by atoms with van der Waals surface area (Å²) in [6.07, 6.45) is 1.80. The first-order chi connectivity index (χ1) is 12.9. The van der Waals surface area contributed by atoms with Crippen molar-refractivity contribution in [3.05, 3.63) is 36.2 Å². The van der Waals surface area contributed by atoms with Gasteiger partial charge in [0.05, 0.1) is 10.1 Å². The molecule has 0 N–H and O–H groups in total. The van der Waals surface area contributed by atoms with E-state index in [9.17, 15) is 16.8 Å². The van der Waals surface area contributed by atoms with Gasteiger partial charge in [0.15, 0.2) is 0 Å². The molecule has 0 unspecified atom stereocenters. The standard InChI is InChI=1S/C18H26N4O4S2/c1-18(2,3)14-5-7-16(8-6-14)28(25,26)22-11-9-15(10-12-22)27(23,24)17-20-19-13-21(17)4/h5-8,13,15H,9-12H2,1-4H3. The summed E-state index contributed by atoms with van der Waals surface area (Å²) >= 11 is 0. The molecule has 2 heterocycles. The first-order valence-corrected chi connectivity index (χ1v) is 12.1. The van der Waals surface area contributed by atoms with Gasteiger partial charge in [0, 0.05) is 20.1 Å². The fourth-order valence-electron chi connectivity index (χ4n) is 3.34. The second-order valence-electron chi connectivity index (χ2n) is 8.15. The smallest absolute Gasteiger partial charge is 0.249 e. The molecule has 0 spiro atoms. The Morgan fingerprint density at radius 3 is 2.04 bits per heavy atom. The number of benzene rings is 1. The van der Waals surface area contributed by atoms with Crippen molar-refractivity contribution in [2.24, 2.45) is 7.05 Å². The highest BCUT2D eigenvalue weighted by atomic mass is 32.2. The molecule has 10 heteroatoms. The van der Waals surface area contributed by atoms with Crippen LogP contribution in [0.25, 0.3) is 0 Å². The van der Waals surface area contributed by atoms with Crippen molar-refractivity contribution in [3.63, 3.8) is 0 Å². The number of aromatic nitrogens is 3. The molecule has 3 rings (SSSR count). The predicted molar refractivity (Wildman–Crippen MR) is 105 cm³/mol. The third-order valence-electron chi connectivity index (χ3n) is 5.12. The maximum atomic E-state index is 12.9. The average Bonchev–Trinajstić information content (AvgIpc) is 3.08. The Morgan fingerprint density at radius 2 is 1.57 bits per heavy atom. The minimum Gasteiger partial charge on any atom is -0.308 e. The van der Waals surface area contributed by atoms with Gasteiger partial charge in [0.2, 0.25) is 25.0 Å². The molecule has 154 valence electrons. The first-order valence-electron chi connectivity index (χ1n) is 9.12. The third-order valence-corrected chi connectivity index (χ3v) is 9.26. The van der Waals surface area contributed by atoms with Crippen molar-refractivity contribution >= 4 is 19.9 Å². The Balaban J connectivity index is 1.74. The van der Waals surface area contributed by atoms with Gasteiger partial charge in [-0.15, -0.1) is 10.2 Å². The van der Waals surface area contributed by atoms with Gasteiger partial charge in [0.25, 0.3) is 0 Å². The summed E-state index contributed by atoms with van der Waals surface area (Å²) in [5.41, 5.74) is 0.995. The lowest BCUT2D eigenvalue weighted by Gasteiger charge is -2.30. The number of hydrogen-bond donors (Lipinski definition) is 0. The highest BCUT2D eigenvalue weighted by Crippen LogP contribution is 2.28. The second-order valence-corrected chi connectivity index (χ2v) is 12.2. The van der Waals surface area contributed by atoms with Crippen LogP contribution in [-0.4, -0.2) is 54.2 Å². The van der Waals surface area contributed by atoms with Crippen LogP contribution in [-0.2, 0) is 32.3 Å². The van der Waals surface area contributed by atoms with E-state index < -0.39 is 25.1 Å². The molecule has 0 saturated carbocycles. The molecule has 1 saturated heterocycles. The monoisotopic (exact) mass is 426 g/mol. The Hall–Kier alpha value is -1.78. The number of sulfone groups is 1. The lowest BCUT2D eigenvalue weighted by molar-refractivity contribution is 0.344. The van der Waals surface area contributed by atoms with Crippen molar-refractivity contribution in [1.82, 2.24) is 19.1 Å². The molecular weight excluding hydrogens is 400 g/mol. The van der Waals surface area contributed by atoms with E-state index >= 15 is 0 Å². The lowest BCUT2D eigenvalue weighted by atomic mass is 9.87. The van der Waals surface area contributed by atoms with Crippen LogP contribution in [0.4, 0.5) is 0 Å². The van der Waals surface area contributed by atoms with E-state index in [1.165, 1.54) is 15.2 Å². The molecule has 8 nitrogen and oxygen atoms in total. The number of nitrogens with zero attached hydrogens (tertiary/aromatic N) is 4. The highest BCUT2D eigenvalue weighted by Gasteiger charge is 2.37. The Kier molecular flexibility index (Phi) is 5.41. The van der Waals surface area contributed by atoms with Gasteiger partial charge in [0.1, 0.15) is 6.33 Å². The number of sulfonamides is 1. The topological polar surface area (TPSA) is 102 Å². The summed E-state index contributed by atoms with van der Waals surface area (Å²) in [6, 6.07) is 6.91. The van der Waals surface area contributed by atoms with Crippen molar-refractivity contribution < 1.29 is 16.8 Å². The molecule has 0 amide bonds. The molecule has 0 bridgehead atoms. The Morgan fingerprint density at radius 1 is 1.00 bits per heavy atom. The van der Waals surface area contributed by atoms with Crippen LogP contribution in [0, 0.1) is 0 Å². The Bertz CT molecular complexity index is 1040. The number of hydrogen-bond acceptors (Lipinski definition) is 6. The predicted octanol–water partition coefficient (Wildman–Crippen LogP) is 1.74. The molecule has 0 radical (unpaired) electrons. The maximum absolute atomic E-state index is 12.9. The Labute approximate surface area is 166 Å². The van der Waals surface area contributed by atoms with E-state index in [-0.39, 0.29) is 41.4 Å². The largest absolute Gasteiger partial charge is 0.308 e. The number of piperidine rings is 1. The summed E-state index contributed by atoms with van der Waals surface area (Å²) < 4.78 is 54.1. The minimum absolute atomic E-state index is 0.0607. The molecule has 1 fully saturated rings. The SMILES string of the molecule is Cn1cnnc1S(=O)(=O)C1CCN(S(=O)(=O)c2ccc(C(C)(C)C)cc2)CC1. The molecule has 28 heavy (non-hydrogen) atoms. The van der Waals surface area contributed by atoms with E-state index in [1.54, 1.807) is 19.2 Å². The summed E-state index contributed by atoms with van der Waals surface area (Å²) in [5, 5.41) is 6.59. The van der Waals surface area contributed by atoms with Crippen molar-refractivity contribution in [3.8, 4) is 0 Å². The van der Waals surface area contributed by atoms with E-state index in [0.717, 1.165) is 5.56 Å². The van der Waals surface area contributed by atoms with Gasteiger partial charge in [-0.1, -0.05) is 32.9 Å². The van der Waals surface area contributed by atoms with Crippen molar-refractivity contribution in [2.45, 2.75) is 54.3 Å². The number of rotatable bonds is 4. The highest BCUT2D eigenvalue weighted by molar-refractivity contribution is 7.92. The summed E-state index contributed by atoms with van der Waals surface area (Å²) in [6.45, 7) is 6.52. The zero-order valence-electron chi connectivity index (χ0n) is 16.5. The molecule has 1 aliphatic heterocycles. The van der Waals surface area contributed by atoms with Gasteiger partial charge in [-0.3, -0.25) is 0 Å². The summed E-state index contributed by atoms with van der Waals surface area (Å²) in [5.74, 6) is 0. The fourth-order valence-corrected chi connectivity index (χ4v) is 6.55. The lowest BCUT2D eigenvalue weighted by Crippen LogP contribution is -2.42. The van der Waals surface area contributed by atoms with Gasteiger partial charge in [-0.2, -0.15) is 4.31 Å². The number of aryl methyl sites for hydroxylation is 1. The summed E-state index contributed by atoms with van der Waals surface area (Å²) in [4.78, 5) is 0.232. The van der Waals surface area contributed by atoms with Crippen LogP contribution in [0.15, 0.2) is 40.6 Å². The molecule has 2 aromatic rings. The molecule has 1 aromatic carbocycles. The van der Waals surface area contributed by atoms with E-state index in [0.29, 0.717) is 0 Å². The normalized spacial score (nSPS) is 17.7.